The number of fused-ring (bicyclic) bond motifs is 1. The van der Waals surface area contributed by atoms with Gasteiger partial charge in [0.15, 0.2) is 11.6 Å². The number of nitrogens with zero attached hydrogens (tertiary/aromatic N) is 3. The van der Waals surface area contributed by atoms with Crippen LogP contribution in [0.5, 0.6) is 0 Å². The van der Waals surface area contributed by atoms with E-state index < -0.39 is 11.8 Å². The number of hydrogen-bond donors (Lipinski definition) is 3. The van der Waals surface area contributed by atoms with Crippen LogP contribution in [0.15, 0.2) is 24.3 Å². The third-order valence-corrected chi connectivity index (χ3v) is 6.92. The van der Waals surface area contributed by atoms with Crippen LogP contribution in [0.4, 0.5) is 20.4 Å². The van der Waals surface area contributed by atoms with E-state index in [0.29, 0.717) is 25.9 Å². The highest BCUT2D eigenvalue weighted by Gasteiger charge is 2.40. The van der Waals surface area contributed by atoms with Gasteiger partial charge in [-0.3, -0.25) is 0 Å². The van der Waals surface area contributed by atoms with Gasteiger partial charge in [-0.1, -0.05) is 31.2 Å². The molecule has 2 aromatic rings. The Morgan fingerprint density at radius 2 is 1.77 bits per heavy atom. The molecule has 0 atom stereocenters. The number of benzene rings is 1. The molecule has 1 saturated carbocycles. The molecule has 2 heterocycles. The quantitative estimate of drug-likeness (QED) is 0.637. The number of halogens is 2. The van der Waals surface area contributed by atoms with Crippen LogP contribution in [-0.2, 0) is 0 Å². The van der Waals surface area contributed by atoms with Crippen LogP contribution in [0.25, 0.3) is 10.8 Å². The number of rotatable bonds is 7. The molecule has 3 N–H and O–H groups in total. The van der Waals surface area contributed by atoms with E-state index >= 15 is 0 Å². The van der Waals surface area contributed by atoms with Gasteiger partial charge in [0.1, 0.15) is 0 Å². The molecule has 0 bridgehead atoms. The number of aliphatic hydroxyl groups excluding tert-OH is 2. The monoisotopic (exact) mass is 420 g/mol. The molecular weight excluding hydrogens is 390 g/mol. The first-order valence-electron chi connectivity index (χ1n) is 10.6. The summed E-state index contributed by atoms with van der Waals surface area (Å²) in [6.07, 6.45) is 0.119. The maximum atomic E-state index is 13.0. The van der Waals surface area contributed by atoms with Gasteiger partial charge in [0.2, 0.25) is 6.43 Å². The molecule has 1 aromatic carbocycles. The van der Waals surface area contributed by atoms with Gasteiger partial charge in [0.05, 0.1) is 0 Å². The number of alkyl halides is 2. The molecule has 8 heteroatoms. The molecule has 1 aliphatic heterocycles. The summed E-state index contributed by atoms with van der Waals surface area (Å²) in [5.41, 5.74) is -0.731. The summed E-state index contributed by atoms with van der Waals surface area (Å²) >= 11 is 0. The van der Waals surface area contributed by atoms with Crippen LogP contribution in [0.2, 0.25) is 0 Å². The second-order valence-corrected chi connectivity index (χ2v) is 9.38. The molecule has 6 nitrogen and oxygen atoms in total. The maximum absolute atomic E-state index is 13.0. The molecule has 1 aromatic heterocycles. The van der Waals surface area contributed by atoms with E-state index in [-0.39, 0.29) is 31.1 Å². The molecule has 4 rings (SSSR count). The van der Waals surface area contributed by atoms with E-state index in [0.717, 1.165) is 35.2 Å². The largest absolute Gasteiger partial charge is 0.396 e. The number of hydrogen-bond acceptors (Lipinski definition) is 6. The van der Waals surface area contributed by atoms with E-state index in [2.05, 4.69) is 27.3 Å². The van der Waals surface area contributed by atoms with Gasteiger partial charge < -0.3 is 20.4 Å². The van der Waals surface area contributed by atoms with E-state index in [4.69, 9.17) is 0 Å². The van der Waals surface area contributed by atoms with Gasteiger partial charge in [0.25, 0.3) is 0 Å². The maximum Gasteiger partial charge on any atom is 0.239 e. The van der Waals surface area contributed by atoms with Crippen molar-refractivity contribution in [1.82, 2.24) is 10.2 Å². The first-order valence-corrected chi connectivity index (χ1v) is 10.6. The Morgan fingerprint density at radius 1 is 1.10 bits per heavy atom. The van der Waals surface area contributed by atoms with Crippen LogP contribution in [0, 0.1) is 10.8 Å². The zero-order valence-corrected chi connectivity index (χ0v) is 17.3. The molecule has 2 aliphatic rings. The number of aliphatic hydroxyl groups is 2. The fourth-order valence-corrected chi connectivity index (χ4v) is 4.93. The standard InChI is InChI=1S/C22H30F2N4O2/c1-21(13-29)10-15(11-21)25-19-16-4-2-3-5-17(16)20(27-26-19)28-8-6-22(14-30,7-9-28)12-18(23)24/h2-5,15,18,29-30H,6-14H2,1H3,(H,25,26). The lowest BCUT2D eigenvalue weighted by Crippen LogP contribution is -2.45. The van der Waals surface area contributed by atoms with E-state index in [1.807, 2.05) is 24.3 Å². The summed E-state index contributed by atoms with van der Waals surface area (Å²) in [6, 6.07) is 8.21. The smallest absolute Gasteiger partial charge is 0.239 e. The number of piperidine rings is 1. The Morgan fingerprint density at radius 3 is 2.37 bits per heavy atom. The summed E-state index contributed by atoms with van der Waals surface area (Å²) in [5, 5.41) is 33.5. The molecule has 0 radical (unpaired) electrons. The Balaban J connectivity index is 1.52. The first kappa shape index (κ1) is 21.2. The normalized spacial score (nSPS) is 26.1. The van der Waals surface area contributed by atoms with Gasteiger partial charge in [-0.2, -0.15) is 0 Å². The average Bonchev–Trinajstić information content (AvgIpc) is 2.73. The minimum Gasteiger partial charge on any atom is -0.396 e. The van der Waals surface area contributed by atoms with Gasteiger partial charge in [0, 0.05) is 55.0 Å². The third-order valence-electron chi connectivity index (χ3n) is 6.92. The summed E-state index contributed by atoms with van der Waals surface area (Å²) in [6.45, 7) is 3.18. The van der Waals surface area contributed by atoms with Crippen LogP contribution >= 0.6 is 0 Å². The van der Waals surface area contributed by atoms with Crippen molar-refractivity contribution < 1.29 is 19.0 Å². The molecule has 30 heavy (non-hydrogen) atoms. The predicted molar refractivity (Wildman–Crippen MR) is 113 cm³/mol. The number of nitrogens with one attached hydrogen (secondary N) is 1. The van der Waals surface area contributed by atoms with Crippen molar-refractivity contribution in [3.8, 4) is 0 Å². The van der Waals surface area contributed by atoms with Gasteiger partial charge >= 0.3 is 0 Å². The lowest BCUT2D eigenvalue weighted by atomic mass is 9.67. The zero-order valence-electron chi connectivity index (χ0n) is 17.3. The second kappa shape index (κ2) is 8.23. The topological polar surface area (TPSA) is 81.5 Å². The van der Waals surface area contributed by atoms with E-state index in [9.17, 15) is 19.0 Å². The first-order chi connectivity index (χ1) is 14.4. The fraction of sp³-hybridized carbons (Fsp3) is 0.636. The molecule has 0 unspecified atom stereocenters. The molecule has 2 fully saturated rings. The molecule has 164 valence electrons. The fourth-order valence-electron chi connectivity index (χ4n) is 4.93. The van der Waals surface area contributed by atoms with Gasteiger partial charge in [-0.25, -0.2) is 8.78 Å². The SMILES string of the molecule is CC1(CO)CC(Nc2nnc(N3CCC(CO)(CC(F)F)CC3)c3ccccc23)C1. The summed E-state index contributed by atoms with van der Waals surface area (Å²) in [4.78, 5) is 2.09. The highest BCUT2D eigenvalue weighted by molar-refractivity contribution is 5.98. The Kier molecular flexibility index (Phi) is 5.81. The number of anilines is 2. The van der Waals surface area contributed by atoms with Gasteiger partial charge in [-0.15, -0.1) is 10.2 Å². The van der Waals surface area contributed by atoms with Crippen molar-refractivity contribution in [1.29, 1.82) is 0 Å². The zero-order chi connectivity index (χ0) is 21.4. The second-order valence-electron chi connectivity index (χ2n) is 9.38. The Labute approximate surface area is 175 Å². The van der Waals surface area contributed by atoms with Crippen LogP contribution < -0.4 is 10.2 Å². The van der Waals surface area contributed by atoms with Crippen LogP contribution in [0.1, 0.15) is 39.0 Å². The third kappa shape index (κ3) is 4.07. The Hall–Kier alpha value is -2.06. The lowest BCUT2D eigenvalue weighted by Gasteiger charge is -2.44. The number of aromatic nitrogens is 2. The van der Waals surface area contributed by atoms with Crippen LogP contribution in [0.3, 0.4) is 0 Å². The van der Waals surface area contributed by atoms with Crippen molar-refractivity contribution in [3.05, 3.63) is 24.3 Å². The highest BCUT2D eigenvalue weighted by atomic mass is 19.3. The highest BCUT2D eigenvalue weighted by Crippen LogP contribution is 2.43. The van der Waals surface area contributed by atoms with Crippen molar-refractivity contribution in [2.75, 3.05) is 36.5 Å². The molecule has 0 spiro atoms. The lowest BCUT2D eigenvalue weighted by molar-refractivity contribution is 0.0168. The van der Waals surface area contributed by atoms with E-state index in [1.165, 1.54) is 0 Å². The van der Waals surface area contributed by atoms with Crippen molar-refractivity contribution in [3.63, 3.8) is 0 Å². The molecule has 1 saturated heterocycles. The Bertz CT molecular complexity index is 881. The minimum absolute atomic E-state index is 0.0218. The van der Waals surface area contributed by atoms with E-state index in [1.54, 1.807) is 0 Å². The molecular formula is C22H30F2N4O2. The molecule has 0 amide bonds. The van der Waals surface area contributed by atoms with Crippen molar-refractivity contribution in [2.45, 2.75) is 51.5 Å². The molecule has 1 aliphatic carbocycles. The minimum atomic E-state index is -2.41. The van der Waals surface area contributed by atoms with Crippen molar-refractivity contribution in [2.24, 2.45) is 10.8 Å². The van der Waals surface area contributed by atoms with Gasteiger partial charge in [-0.05, 0) is 31.1 Å². The van der Waals surface area contributed by atoms with Crippen LogP contribution in [-0.4, -0.2) is 59.2 Å². The average molecular weight is 421 g/mol. The summed E-state index contributed by atoms with van der Waals surface area (Å²) in [5.74, 6) is 1.49. The predicted octanol–water partition coefficient (Wildman–Crippen LogP) is 3.44. The summed E-state index contributed by atoms with van der Waals surface area (Å²) < 4.78 is 25.9. The van der Waals surface area contributed by atoms with Crippen molar-refractivity contribution >= 4 is 22.4 Å². The summed E-state index contributed by atoms with van der Waals surface area (Å²) in [7, 11) is 0.